The number of aliphatic carboxylic acids is 1. The molecule has 30 heavy (non-hydrogen) atoms. The van der Waals surface area contributed by atoms with Gasteiger partial charge in [0.1, 0.15) is 6.04 Å². The molecule has 0 saturated carbocycles. The summed E-state index contributed by atoms with van der Waals surface area (Å²) in [6.45, 7) is 8.12. The van der Waals surface area contributed by atoms with Crippen molar-refractivity contribution in [1.29, 1.82) is 0 Å². The molecule has 0 rings (SSSR count). The van der Waals surface area contributed by atoms with E-state index in [9.17, 15) is 14.7 Å². The number of ether oxygens (including phenoxy) is 1. The van der Waals surface area contributed by atoms with Crippen LogP contribution in [0.3, 0.4) is 0 Å². The van der Waals surface area contributed by atoms with Gasteiger partial charge in [0.15, 0.2) is 0 Å². The fourth-order valence-electron chi connectivity index (χ4n) is 2.92. The van der Waals surface area contributed by atoms with Gasteiger partial charge in [-0.05, 0) is 31.1 Å². The zero-order chi connectivity index (χ0) is 21.9. The molecule has 8 heteroatoms. The van der Waals surface area contributed by atoms with Crippen molar-refractivity contribution in [2.75, 3.05) is 13.2 Å². The Morgan fingerprint density at radius 1 is 1.03 bits per heavy atom. The maximum Gasteiger partial charge on any atom is 1.00 e. The first-order chi connectivity index (χ1) is 13.9. The van der Waals surface area contributed by atoms with Crippen LogP contribution < -0.4 is 40.0 Å². The first kappa shape index (κ1) is 31.1. The summed E-state index contributed by atoms with van der Waals surface area (Å²) in [4.78, 5) is 26.6. The van der Waals surface area contributed by atoms with Crippen molar-refractivity contribution in [1.82, 2.24) is 5.32 Å². The topological polar surface area (TPSA) is 111 Å². The summed E-state index contributed by atoms with van der Waals surface area (Å²) in [5.41, 5.74) is 0. The summed E-state index contributed by atoms with van der Waals surface area (Å²) < 4.78 is 5.07. The molecule has 0 spiro atoms. The van der Waals surface area contributed by atoms with Gasteiger partial charge in [-0.3, -0.25) is 0 Å². The molecule has 0 fully saturated rings. The van der Waals surface area contributed by atoms with Gasteiger partial charge in [-0.15, -0.1) is 0 Å². The number of aliphatic imine (C=N–C) groups is 1. The number of nitrogens with one attached hydrogen (secondary N) is 1. The van der Waals surface area contributed by atoms with Gasteiger partial charge in [0.05, 0.1) is 6.61 Å². The summed E-state index contributed by atoms with van der Waals surface area (Å²) in [6.07, 6.45) is 11.9. The molecule has 0 heterocycles. The van der Waals surface area contributed by atoms with Crippen LogP contribution in [0.25, 0.3) is 0 Å². The van der Waals surface area contributed by atoms with Crippen LogP contribution in [0.5, 0.6) is 0 Å². The normalized spacial score (nSPS) is 12.2. The van der Waals surface area contributed by atoms with E-state index < -0.39 is 18.1 Å². The Kier molecular flexibility index (Phi) is 22.0. The quantitative estimate of drug-likeness (QED) is 0.145. The third-order valence-electron chi connectivity index (χ3n) is 4.53. The minimum Gasteiger partial charge on any atom is -0.859 e. The zero-order valence-corrected chi connectivity index (χ0v) is 21.2. The van der Waals surface area contributed by atoms with Crippen molar-refractivity contribution in [3.63, 3.8) is 0 Å². The molecular formula is C22H39N2NaO5. The molecule has 0 aliphatic carbocycles. The Morgan fingerprint density at radius 2 is 1.53 bits per heavy atom. The number of hydrogen-bond donors (Lipinski definition) is 2. The first-order valence-electron chi connectivity index (χ1n) is 10.9. The molecule has 0 aliphatic heterocycles. The average Bonchev–Trinajstić information content (AvgIpc) is 2.66. The Labute approximate surface area is 204 Å². The molecule has 7 nitrogen and oxygen atoms in total. The van der Waals surface area contributed by atoms with Crippen LogP contribution >= 0.6 is 0 Å². The van der Waals surface area contributed by atoms with Crippen LogP contribution in [0.15, 0.2) is 17.6 Å². The molecule has 0 saturated heterocycles. The summed E-state index contributed by atoms with van der Waals surface area (Å²) in [7, 11) is 0. The van der Waals surface area contributed by atoms with Gasteiger partial charge in [0, 0.05) is 6.54 Å². The van der Waals surface area contributed by atoms with Crippen molar-refractivity contribution < 1.29 is 54.1 Å². The summed E-state index contributed by atoms with van der Waals surface area (Å²) in [6, 6.07) is -0.897. The second-order valence-electron chi connectivity index (χ2n) is 7.76. The standard InChI is InChI=1S/C22H40N2O5.Na/c1-4-20(25)23-15-13-11-9-7-5-6-8-10-12-14-16-29-22(28)24-19(21(26)27)17-18(2)3;/h4,18-19H,1,5-17H2,2-3H3,(H,23,25)(H,24,28)(H,26,27);/q;+1/p-1/t19-;/m0./s1. The van der Waals surface area contributed by atoms with Gasteiger partial charge >= 0.3 is 41.6 Å². The van der Waals surface area contributed by atoms with Crippen LogP contribution in [-0.4, -0.2) is 42.3 Å². The Hall–Kier alpha value is -1.05. The maximum atomic E-state index is 11.7. The van der Waals surface area contributed by atoms with E-state index in [2.05, 4.69) is 16.9 Å². The van der Waals surface area contributed by atoms with Crippen molar-refractivity contribution in [3.05, 3.63) is 12.7 Å². The molecular weight excluding hydrogens is 395 g/mol. The number of alkyl carbamates (subject to hydrolysis) is 1. The molecule has 0 aliphatic rings. The first-order valence-corrected chi connectivity index (χ1v) is 10.9. The summed E-state index contributed by atoms with van der Waals surface area (Å²) in [5, 5.41) is 22.4. The number of carbonyl (C=O) groups excluding carboxylic acids is 1. The number of amides is 1. The fraction of sp³-hybridized carbons (Fsp3) is 0.773. The SMILES string of the molecule is C=CC([O-])=NCCCCCCCCCCCCOC(=O)N[C@@H](CC(C)C)C(=O)O.[Na+]. The van der Waals surface area contributed by atoms with Crippen molar-refractivity contribution >= 4 is 18.0 Å². The molecule has 1 atom stereocenters. The smallest absolute Gasteiger partial charge is 0.859 e. The minimum atomic E-state index is -1.03. The number of carboxylic acids is 1. The zero-order valence-electron chi connectivity index (χ0n) is 19.2. The van der Waals surface area contributed by atoms with E-state index in [1.807, 2.05) is 13.8 Å². The molecule has 1 amide bonds. The van der Waals surface area contributed by atoms with Crippen LogP contribution in [0.1, 0.15) is 84.5 Å². The number of nitrogens with zero attached hydrogens (tertiary/aromatic N) is 1. The van der Waals surface area contributed by atoms with E-state index in [1.165, 1.54) is 38.2 Å². The minimum absolute atomic E-state index is 0. The maximum absolute atomic E-state index is 11.7. The van der Waals surface area contributed by atoms with Gasteiger partial charge in [-0.25, -0.2) is 9.59 Å². The predicted molar refractivity (Wildman–Crippen MR) is 114 cm³/mol. The number of carboxylic acid groups (broad SMARTS) is 1. The van der Waals surface area contributed by atoms with Crippen LogP contribution in [0.2, 0.25) is 0 Å². The van der Waals surface area contributed by atoms with Gasteiger partial charge in [0.25, 0.3) is 0 Å². The third-order valence-corrected chi connectivity index (χ3v) is 4.53. The second kappa shape index (κ2) is 21.2. The van der Waals surface area contributed by atoms with Gasteiger partial charge in [-0.1, -0.05) is 77.9 Å². The molecule has 0 radical (unpaired) electrons. The van der Waals surface area contributed by atoms with Crippen LogP contribution in [-0.2, 0) is 9.53 Å². The molecule has 0 unspecified atom stereocenters. The van der Waals surface area contributed by atoms with Crippen molar-refractivity contribution in [2.45, 2.75) is 90.5 Å². The summed E-state index contributed by atoms with van der Waals surface area (Å²) >= 11 is 0. The van der Waals surface area contributed by atoms with Crippen molar-refractivity contribution in [3.8, 4) is 0 Å². The van der Waals surface area contributed by atoms with Gasteiger partial charge in [0.2, 0.25) is 0 Å². The Balaban J connectivity index is 0. The Bertz CT molecular complexity index is 498. The van der Waals surface area contributed by atoms with Gasteiger partial charge < -0.3 is 25.3 Å². The van der Waals surface area contributed by atoms with E-state index in [0.29, 0.717) is 19.6 Å². The van der Waals surface area contributed by atoms with Gasteiger partial charge in [-0.2, -0.15) is 0 Å². The fourth-order valence-corrected chi connectivity index (χ4v) is 2.92. The average molecular weight is 435 g/mol. The number of rotatable bonds is 18. The molecule has 0 aromatic carbocycles. The molecule has 168 valence electrons. The largest absolute Gasteiger partial charge is 1.00 e. The molecule has 0 aromatic rings. The Morgan fingerprint density at radius 3 is 2.00 bits per heavy atom. The molecule has 2 N–H and O–H groups in total. The van der Waals surface area contributed by atoms with E-state index in [1.54, 1.807) is 0 Å². The van der Waals surface area contributed by atoms with E-state index in [4.69, 9.17) is 9.84 Å². The van der Waals surface area contributed by atoms with E-state index in [0.717, 1.165) is 32.1 Å². The molecule has 0 bridgehead atoms. The van der Waals surface area contributed by atoms with Crippen LogP contribution in [0.4, 0.5) is 4.79 Å². The predicted octanol–water partition coefficient (Wildman–Crippen LogP) is 1.06. The number of hydrogen-bond acceptors (Lipinski definition) is 5. The molecule has 0 aromatic heterocycles. The van der Waals surface area contributed by atoms with Crippen LogP contribution in [0, 0.1) is 5.92 Å². The second-order valence-corrected chi connectivity index (χ2v) is 7.76. The van der Waals surface area contributed by atoms with Crippen molar-refractivity contribution in [2.24, 2.45) is 10.9 Å². The summed E-state index contributed by atoms with van der Waals surface area (Å²) in [5.74, 6) is -1.08. The monoisotopic (exact) mass is 434 g/mol. The van der Waals surface area contributed by atoms with E-state index >= 15 is 0 Å². The number of unbranched alkanes of at least 4 members (excludes halogenated alkanes) is 9. The van der Waals surface area contributed by atoms with E-state index in [-0.39, 0.29) is 41.4 Å². The third kappa shape index (κ3) is 20.2. The number of carbonyl (C=O) groups is 2.